The molecule has 0 aliphatic rings. The summed E-state index contributed by atoms with van der Waals surface area (Å²) < 4.78 is 47.8. The van der Waals surface area contributed by atoms with Crippen LogP contribution in [0.25, 0.3) is 16.1 Å². The first kappa shape index (κ1) is 19.9. The van der Waals surface area contributed by atoms with Gasteiger partial charge in [0, 0.05) is 22.8 Å². The van der Waals surface area contributed by atoms with E-state index in [4.69, 9.17) is 16.4 Å². The van der Waals surface area contributed by atoms with Crippen LogP contribution in [0.15, 0.2) is 48.5 Å². The Kier molecular flexibility index (Phi) is 5.79. The van der Waals surface area contributed by atoms with E-state index >= 15 is 0 Å². The van der Waals surface area contributed by atoms with Gasteiger partial charge in [-0.05, 0) is 24.3 Å². The zero-order chi connectivity index (χ0) is 21.0. The van der Waals surface area contributed by atoms with E-state index in [1.54, 1.807) is 0 Å². The van der Waals surface area contributed by atoms with Crippen molar-refractivity contribution in [2.75, 3.05) is 0 Å². The maximum Gasteiger partial charge on any atom is 0.307 e. The van der Waals surface area contributed by atoms with Crippen molar-refractivity contribution in [3.8, 4) is 17.1 Å². The number of hydrogen-bond acceptors (Lipinski definition) is 3. The summed E-state index contributed by atoms with van der Waals surface area (Å²) in [6.45, 7) is 6.69. The summed E-state index contributed by atoms with van der Waals surface area (Å²) in [6, 6.07) is 10.1. The van der Waals surface area contributed by atoms with E-state index in [1.165, 1.54) is 30.3 Å². The smallest absolute Gasteiger partial charge is 0.307 e. The van der Waals surface area contributed by atoms with E-state index in [2.05, 4.69) is 9.83 Å². The Morgan fingerprint density at radius 2 is 1.79 bits per heavy atom. The van der Waals surface area contributed by atoms with Gasteiger partial charge in [0.25, 0.3) is 0 Å². The van der Waals surface area contributed by atoms with Crippen molar-refractivity contribution in [3.63, 3.8) is 0 Å². The summed E-state index contributed by atoms with van der Waals surface area (Å²) in [4.78, 5) is 18.0. The van der Waals surface area contributed by atoms with Crippen LogP contribution in [0.3, 0.4) is 0 Å². The van der Waals surface area contributed by atoms with Crippen LogP contribution in [-0.2, 0) is 17.8 Å². The van der Waals surface area contributed by atoms with Crippen molar-refractivity contribution >= 4 is 11.7 Å². The fourth-order valence-electron chi connectivity index (χ4n) is 2.60. The lowest BCUT2D eigenvalue weighted by atomic mass is 10.0. The molecule has 8 heteroatoms. The first-order valence-corrected chi connectivity index (χ1v) is 8.33. The molecule has 0 saturated carbocycles. The van der Waals surface area contributed by atoms with Crippen LogP contribution < -0.4 is 4.74 Å². The Morgan fingerprint density at radius 1 is 1.03 bits per heavy atom. The van der Waals surface area contributed by atoms with Gasteiger partial charge in [-0.15, -0.1) is 0 Å². The summed E-state index contributed by atoms with van der Waals surface area (Å²) in [5.74, 6) is -3.50. The van der Waals surface area contributed by atoms with Gasteiger partial charge in [0.1, 0.15) is 24.1 Å². The van der Waals surface area contributed by atoms with Gasteiger partial charge in [-0.25, -0.2) is 23.0 Å². The molecular formula is C21H13F3N2O3. The van der Waals surface area contributed by atoms with Crippen LogP contribution in [-0.4, -0.2) is 16.1 Å². The van der Waals surface area contributed by atoms with Crippen molar-refractivity contribution in [1.29, 1.82) is 0 Å². The monoisotopic (exact) mass is 398 g/mol. The number of nitrogens with zero attached hydrogens (tertiary/aromatic N) is 2. The van der Waals surface area contributed by atoms with Crippen LogP contribution in [0.2, 0.25) is 0 Å². The molecule has 0 bridgehead atoms. The molecule has 1 aromatic heterocycles. The average molecular weight is 398 g/mol. The van der Waals surface area contributed by atoms with Crippen LogP contribution >= 0.6 is 0 Å². The molecule has 5 nitrogen and oxygen atoms in total. The number of halogens is 3. The second-order valence-electron chi connectivity index (χ2n) is 6.03. The number of hydrogen-bond donors (Lipinski definition) is 1. The number of carboxylic acids is 1. The molecule has 0 saturated heterocycles. The number of pyridine rings is 1. The van der Waals surface area contributed by atoms with Crippen molar-refractivity contribution in [2.45, 2.75) is 13.0 Å². The maximum atomic E-state index is 14.4. The van der Waals surface area contributed by atoms with Gasteiger partial charge >= 0.3 is 5.97 Å². The Hall–Kier alpha value is -3.86. The first-order chi connectivity index (χ1) is 13.9. The largest absolute Gasteiger partial charge is 0.481 e. The van der Waals surface area contributed by atoms with Crippen LogP contribution in [0.4, 0.5) is 18.9 Å². The van der Waals surface area contributed by atoms with Crippen molar-refractivity contribution in [1.82, 2.24) is 4.98 Å². The van der Waals surface area contributed by atoms with Gasteiger partial charge in [-0.2, -0.15) is 0 Å². The van der Waals surface area contributed by atoms with Gasteiger partial charge in [0.15, 0.2) is 5.69 Å². The minimum absolute atomic E-state index is 0.0607. The zero-order valence-electron chi connectivity index (χ0n) is 14.8. The third-order valence-electron chi connectivity index (χ3n) is 4.02. The molecule has 29 heavy (non-hydrogen) atoms. The highest BCUT2D eigenvalue weighted by Crippen LogP contribution is 2.26. The van der Waals surface area contributed by atoms with Gasteiger partial charge < -0.3 is 9.84 Å². The lowest BCUT2D eigenvalue weighted by molar-refractivity contribution is -0.136. The number of aromatic nitrogens is 1. The molecule has 3 rings (SSSR count). The third kappa shape index (κ3) is 4.71. The number of carboxylic acid groups (broad SMARTS) is 1. The first-order valence-electron chi connectivity index (χ1n) is 8.33. The number of benzene rings is 2. The highest BCUT2D eigenvalue weighted by molar-refractivity contribution is 5.71. The highest BCUT2D eigenvalue weighted by Gasteiger charge is 2.15. The van der Waals surface area contributed by atoms with Gasteiger partial charge in [-0.3, -0.25) is 4.79 Å². The lowest BCUT2D eigenvalue weighted by Crippen LogP contribution is -2.04. The molecule has 3 aromatic rings. The normalized spacial score (nSPS) is 10.4. The second-order valence-corrected chi connectivity index (χ2v) is 6.03. The van der Waals surface area contributed by atoms with E-state index in [1.807, 2.05) is 0 Å². The van der Waals surface area contributed by atoms with E-state index in [0.29, 0.717) is 0 Å². The summed E-state index contributed by atoms with van der Waals surface area (Å²) in [7, 11) is 0. The number of ether oxygens (including phenoxy) is 1. The predicted octanol–water partition coefficient (Wildman–Crippen LogP) is 4.92. The van der Waals surface area contributed by atoms with Gasteiger partial charge in [-0.1, -0.05) is 18.2 Å². The zero-order valence-corrected chi connectivity index (χ0v) is 14.8. The molecule has 0 radical (unpaired) electrons. The van der Waals surface area contributed by atoms with Gasteiger partial charge in [0.05, 0.1) is 18.7 Å². The number of aliphatic carboxylic acids is 1. The van der Waals surface area contributed by atoms with Crippen LogP contribution in [0.1, 0.15) is 11.1 Å². The Bertz CT molecular complexity index is 1130. The molecule has 0 unspecified atom stereocenters. The van der Waals surface area contributed by atoms with E-state index in [9.17, 15) is 18.0 Å². The van der Waals surface area contributed by atoms with E-state index < -0.39 is 29.8 Å². The molecule has 0 fully saturated rings. The van der Waals surface area contributed by atoms with Crippen molar-refractivity contribution < 1.29 is 27.8 Å². The quantitative estimate of drug-likeness (QED) is 0.599. The van der Waals surface area contributed by atoms with E-state index in [0.717, 1.165) is 18.2 Å². The second kappa shape index (κ2) is 8.44. The SMILES string of the molecule is [C-]#[N+]c1ccc(COc2cccc(-c3cc(F)c(CC(=O)O)cc3F)n2)c(F)c1. The molecule has 0 amide bonds. The Morgan fingerprint density at radius 3 is 2.48 bits per heavy atom. The fourth-order valence-corrected chi connectivity index (χ4v) is 2.60. The highest BCUT2D eigenvalue weighted by atomic mass is 19.1. The fraction of sp³-hybridized carbons (Fsp3) is 0.0952. The van der Waals surface area contributed by atoms with Crippen LogP contribution in [0.5, 0.6) is 5.88 Å². The van der Waals surface area contributed by atoms with Crippen molar-refractivity contribution in [3.05, 3.63) is 88.5 Å². The summed E-state index contributed by atoms with van der Waals surface area (Å²) in [5.41, 5.74) is 0.0128. The van der Waals surface area contributed by atoms with Crippen LogP contribution in [0, 0.1) is 24.0 Å². The minimum atomic E-state index is -1.28. The molecular weight excluding hydrogens is 385 g/mol. The van der Waals surface area contributed by atoms with Crippen molar-refractivity contribution in [2.24, 2.45) is 0 Å². The Labute approximate surface area is 163 Å². The maximum absolute atomic E-state index is 14.4. The topological polar surface area (TPSA) is 63.8 Å². The molecule has 0 aliphatic heterocycles. The number of rotatable bonds is 6. The lowest BCUT2D eigenvalue weighted by Gasteiger charge is -2.10. The number of carbonyl (C=O) groups is 1. The predicted molar refractivity (Wildman–Crippen MR) is 97.9 cm³/mol. The molecule has 0 aliphatic carbocycles. The molecule has 0 atom stereocenters. The minimum Gasteiger partial charge on any atom is -0.481 e. The molecule has 1 N–H and O–H groups in total. The standard InChI is InChI=1S/C21H13F3N2O3/c1-25-14-6-5-12(16(22)9-14)11-29-20-4-2-3-19(26-20)15-10-17(23)13(7-18(15)24)8-21(27)28/h2-7,9-10H,8,11H2,(H,27,28). The summed E-state index contributed by atoms with van der Waals surface area (Å²) >= 11 is 0. The summed E-state index contributed by atoms with van der Waals surface area (Å²) in [5, 5.41) is 8.75. The summed E-state index contributed by atoms with van der Waals surface area (Å²) in [6.07, 6.45) is -0.641. The Balaban J connectivity index is 1.82. The van der Waals surface area contributed by atoms with E-state index in [-0.39, 0.29) is 40.6 Å². The van der Waals surface area contributed by atoms with Gasteiger partial charge in [0.2, 0.25) is 5.88 Å². The molecule has 2 aromatic carbocycles. The molecule has 1 heterocycles. The average Bonchev–Trinajstić information content (AvgIpc) is 2.69. The molecule has 146 valence electrons. The third-order valence-corrected chi connectivity index (χ3v) is 4.02. The molecule has 0 spiro atoms.